The zero-order valence-electron chi connectivity index (χ0n) is 28.1. The number of quaternary nitrogens is 1. The van der Waals surface area contributed by atoms with Crippen molar-refractivity contribution in [1.29, 1.82) is 0 Å². The van der Waals surface area contributed by atoms with E-state index in [1.54, 1.807) is 19.2 Å². The van der Waals surface area contributed by atoms with Gasteiger partial charge in [-0.1, -0.05) is 12.1 Å². The monoisotopic (exact) mass is 694 g/mol. The minimum Gasteiger partial charge on any atom is -0.508 e. The lowest BCUT2D eigenvalue weighted by Gasteiger charge is -2.42. The molecule has 1 aromatic heterocycles. The van der Waals surface area contributed by atoms with Crippen LogP contribution in [0.3, 0.4) is 0 Å². The van der Waals surface area contributed by atoms with Gasteiger partial charge in [0.1, 0.15) is 72.2 Å². The molecule has 6 rings (SSSR count). The molecule has 3 aromatic rings. The molecule has 8 N–H and O–H groups in total. The number of phenolic OH excluding ortho intramolecular Hbond substituents is 1. The first-order valence-corrected chi connectivity index (χ1v) is 16.5. The lowest BCUT2D eigenvalue weighted by atomic mass is 9.85. The van der Waals surface area contributed by atoms with Crippen molar-refractivity contribution in [1.82, 2.24) is 5.32 Å². The Balaban J connectivity index is 1.33. The number of nitrogens with zero attached hydrogens (tertiary/aromatic N) is 1. The number of hydrogen-bond donors (Lipinski definition) is 8. The van der Waals surface area contributed by atoms with E-state index in [1.165, 1.54) is 30.3 Å². The van der Waals surface area contributed by atoms with Crippen LogP contribution in [0, 0.1) is 6.92 Å². The highest BCUT2D eigenvalue weighted by atomic mass is 17.2. The van der Waals surface area contributed by atoms with Gasteiger partial charge < -0.3 is 45.1 Å². The molecule has 0 saturated carbocycles. The summed E-state index contributed by atoms with van der Waals surface area (Å²) in [6, 6.07) is 9.04. The number of aryl methyl sites for hydroxylation is 1. The molecule has 7 atom stereocenters. The lowest BCUT2D eigenvalue weighted by molar-refractivity contribution is -0.763. The molecule has 268 valence electrons. The van der Waals surface area contributed by atoms with Gasteiger partial charge in [-0.15, -0.1) is 0 Å². The highest BCUT2D eigenvalue weighted by molar-refractivity contribution is 5.90. The molecule has 2 aromatic carbocycles. The predicted molar refractivity (Wildman–Crippen MR) is 181 cm³/mol. The molecule has 0 spiro atoms. The number of aliphatic hydroxyl groups excluding tert-OH is 4. The zero-order valence-corrected chi connectivity index (χ0v) is 28.1. The van der Waals surface area contributed by atoms with Crippen LogP contribution in [0.5, 0.6) is 11.5 Å². The van der Waals surface area contributed by atoms with Crippen molar-refractivity contribution in [2.75, 3.05) is 33.4 Å². The quantitative estimate of drug-likeness (QED) is 0.0820. The topological polar surface area (TPSA) is 208 Å². The van der Waals surface area contributed by atoms with Gasteiger partial charge in [0, 0.05) is 42.7 Å². The van der Waals surface area contributed by atoms with Crippen LogP contribution >= 0.6 is 0 Å². The number of fused-ring (bicyclic) bond motifs is 3. The van der Waals surface area contributed by atoms with Crippen LogP contribution in [0.15, 0.2) is 74.1 Å². The molecule has 0 radical (unpaired) electrons. The zero-order chi connectivity index (χ0) is 35.8. The molecule has 4 heterocycles. The van der Waals surface area contributed by atoms with Crippen molar-refractivity contribution in [3.63, 3.8) is 0 Å². The van der Waals surface area contributed by atoms with E-state index in [9.17, 15) is 35.4 Å². The van der Waals surface area contributed by atoms with Crippen LogP contribution in [-0.2, 0) is 22.6 Å². The summed E-state index contributed by atoms with van der Waals surface area (Å²) in [6.07, 6.45) is -0.311. The summed E-state index contributed by atoms with van der Waals surface area (Å²) >= 11 is 0. The Bertz CT molecular complexity index is 1870. The van der Waals surface area contributed by atoms with Gasteiger partial charge in [-0.3, -0.25) is 14.7 Å². The number of aliphatic hydroxyl groups is 5. The van der Waals surface area contributed by atoms with Crippen LogP contribution in [0.4, 0.5) is 5.69 Å². The molecule has 0 aliphatic carbocycles. The molecule has 7 unspecified atom stereocenters. The van der Waals surface area contributed by atoms with E-state index in [0.717, 1.165) is 16.2 Å². The van der Waals surface area contributed by atoms with Crippen molar-refractivity contribution >= 4 is 22.9 Å². The number of benzene rings is 2. The van der Waals surface area contributed by atoms with Crippen LogP contribution in [-0.4, -0.2) is 106 Å². The summed E-state index contributed by atoms with van der Waals surface area (Å²) in [5.74, 6) is 1.02. The van der Waals surface area contributed by atoms with E-state index in [0.29, 0.717) is 58.8 Å². The number of allylic oxidation sites excluding steroid dienone is 1. The van der Waals surface area contributed by atoms with E-state index in [-0.39, 0.29) is 24.0 Å². The van der Waals surface area contributed by atoms with Crippen molar-refractivity contribution in [2.45, 2.75) is 68.7 Å². The van der Waals surface area contributed by atoms with Crippen LogP contribution in [0.2, 0.25) is 0 Å². The molecule has 14 heteroatoms. The highest BCUT2D eigenvalue weighted by Crippen LogP contribution is 2.44. The Morgan fingerprint density at radius 1 is 1.20 bits per heavy atom. The van der Waals surface area contributed by atoms with Gasteiger partial charge in [-0.2, -0.15) is 0 Å². The third-order valence-corrected chi connectivity index (χ3v) is 9.69. The van der Waals surface area contributed by atoms with E-state index in [4.69, 9.17) is 18.9 Å². The SMILES string of the molecule is CNCCC1(C)Oc2c(cc3c(=O)cc(C)oc3c2[NH+]2C=C3N=CC=C3C2)CC1OOCC(O)(Cc1ccc(O)cc1)C(O)C(O)C(O)CO. The molecule has 0 saturated heterocycles. The number of hydrogen-bond acceptors (Lipinski definition) is 13. The summed E-state index contributed by atoms with van der Waals surface area (Å²) < 4.78 is 13.1. The van der Waals surface area contributed by atoms with Gasteiger partial charge in [0.05, 0.1) is 12.0 Å². The summed E-state index contributed by atoms with van der Waals surface area (Å²) in [4.78, 5) is 30.3. The molecule has 14 nitrogen and oxygen atoms in total. The standard InChI is InChI=1S/C36H43N3O11/c1-20-12-27(42)25-13-23-14-29(50-47-19-36(46,34(45)31(44)28(43)18-40)15-21-4-6-24(41)7-5-21)35(2,9-11-37-3)49-32(23)30(33(25)48-20)39-16-22-8-10-38-26(22)17-39/h4-8,10,12-13,17,28-29,31,34,37,40-41,43-46H,9,11,14-16,18-19H2,1-3H3/p+1. The Morgan fingerprint density at radius 3 is 2.66 bits per heavy atom. The largest absolute Gasteiger partial charge is 0.508 e. The van der Waals surface area contributed by atoms with Gasteiger partial charge in [0.15, 0.2) is 11.2 Å². The first-order valence-electron chi connectivity index (χ1n) is 16.5. The molecular weight excluding hydrogens is 650 g/mol. The van der Waals surface area contributed by atoms with E-state index in [2.05, 4.69) is 10.3 Å². The van der Waals surface area contributed by atoms with Gasteiger partial charge in [-0.25, -0.2) is 9.78 Å². The summed E-state index contributed by atoms with van der Waals surface area (Å²) in [5.41, 5.74) is 0.733. The minimum absolute atomic E-state index is 0.00754. The fraction of sp³-hybridized carbons (Fsp3) is 0.444. The first kappa shape index (κ1) is 35.9. The smallest absolute Gasteiger partial charge is 0.222 e. The summed E-state index contributed by atoms with van der Waals surface area (Å²) in [6.45, 7) is 3.20. The number of ether oxygens (including phenoxy) is 1. The van der Waals surface area contributed by atoms with E-state index < -0.39 is 48.8 Å². The molecule has 0 amide bonds. The normalized spacial score (nSPS) is 24.2. The second-order valence-electron chi connectivity index (χ2n) is 13.5. The van der Waals surface area contributed by atoms with Crippen molar-refractivity contribution in [3.8, 4) is 11.5 Å². The van der Waals surface area contributed by atoms with Crippen molar-refractivity contribution in [2.24, 2.45) is 4.99 Å². The maximum Gasteiger partial charge on any atom is 0.222 e. The van der Waals surface area contributed by atoms with Crippen molar-refractivity contribution in [3.05, 3.63) is 87.1 Å². The van der Waals surface area contributed by atoms with Crippen LogP contribution < -0.4 is 20.4 Å². The minimum atomic E-state index is -2.22. The Kier molecular flexibility index (Phi) is 10.3. The molecular formula is C36H44N3O11+. The molecule has 50 heavy (non-hydrogen) atoms. The number of aliphatic imine (C=N–C) groups is 1. The van der Waals surface area contributed by atoms with Gasteiger partial charge in [-0.05, 0) is 57.3 Å². The maximum atomic E-state index is 13.3. The Hall–Kier alpha value is -3.96. The van der Waals surface area contributed by atoms with Gasteiger partial charge >= 0.3 is 0 Å². The third kappa shape index (κ3) is 6.99. The first-order chi connectivity index (χ1) is 23.9. The fourth-order valence-electron chi connectivity index (χ4n) is 6.74. The Labute approximate surface area is 288 Å². The average Bonchev–Trinajstić information content (AvgIpc) is 3.70. The molecule has 0 bridgehead atoms. The number of phenols is 1. The van der Waals surface area contributed by atoms with E-state index >= 15 is 0 Å². The molecule has 0 fully saturated rings. The Morgan fingerprint density at radius 2 is 1.96 bits per heavy atom. The number of nitrogens with one attached hydrogen (secondary N) is 2. The van der Waals surface area contributed by atoms with Gasteiger partial charge in [0.25, 0.3) is 0 Å². The fourth-order valence-corrected chi connectivity index (χ4v) is 6.74. The summed E-state index contributed by atoms with van der Waals surface area (Å²) in [5, 5.41) is 65.9. The van der Waals surface area contributed by atoms with E-state index in [1.807, 2.05) is 26.2 Å². The molecule has 3 aliphatic rings. The van der Waals surface area contributed by atoms with Crippen LogP contribution in [0.1, 0.15) is 30.2 Å². The maximum absolute atomic E-state index is 13.3. The van der Waals surface area contributed by atoms with Crippen LogP contribution in [0.25, 0.3) is 11.0 Å². The predicted octanol–water partition coefficient (Wildman–Crippen LogP) is -0.142. The second-order valence-corrected chi connectivity index (χ2v) is 13.5. The number of rotatable bonds is 14. The summed E-state index contributed by atoms with van der Waals surface area (Å²) in [7, 11) is 1.81. The second kappa shape index (κ2) is 14.3. The highest BCUT2D eigenvalue weighted by Gasteiger charge is 2.48. The number of aromatic hydroxyl groups is 1. The third-order valence-electron chi connectivity index (χ3n) is 9.69. The lowest BCUT2D eigenvalue weighted by Crippen LogP contribution is -3.01. The van der Waals surface area contributed by atoms with Crippen molar-refractivity contribution < 1.29 is 54.5 Å². The average molecular weight is 695 g/mol. The molecule has 3 aliphatic heterocycles. The van der Waals surface area contributed by atoms with Gasteiger partial charge in [0.2, 0.25) is 11.3 Å².